The van der Waals surface area contributed by atoms with Crippen LogP contribution in [0.4, 0.5) is 0 Å². The first-order valence-corrected chi connectivity index (χ1v) is 6.02. The Labute approximate surface area is 113 Å². The van der Waals surface area contributed by atoms with E-state index in [9.17, 15) is 9.59 Å². The van der Waals surface area contributed by atoms with Crippen LogP contribution in [0.15, 0.2) is 24.3 Å². The Bertz CT molecular complexity index is 390. The van der Waals surface area contributed by atoms with Crippen molar-refractivity contribution in [3.8, 4) is 0 Å². The molecular weight excluding hydrogens is 335 g/mol. The summed E-state index contributed by atoms with van der Waals surface area (Å²) in [6, 6.07) is 7.66. The van der Waals surface area contributed by atoms with Gasteiger partial charge in [-0.25, -0.2) is 0 Å². The summed E-state index contributed by atoms with van der Waals surface area (Å²) < 4.78 is 1.10. The number of nitrogens with two attached hydrogens (primary N) is 1. The van der Waals surface area contributed by atoms with E-state index in [4.69, 9.17) is 10.8 Å². The van der Waals surface area contributed by atoms with Crippen LogP contribution >= 0.6 is 22.6 Å². The second-order valence-electron chi connectivity index (χ2n) is 3.63. The van der Waals surface area contributed by atoms with Crippen LogP contribution < -0.4 is 5.73 Å². The van der Waals surface area contributed by atoms with Crippen molar-refractivity contribution in [2.45, 2.75) is 6.54 Å². The molecule has 0 aliphatic carbocycles. The van der Waals surface area contributed by atoms with Gasteiger partial charge in [-0.3, -0.25) is 14.5 Å². The van der Waals surface area contributed by atoms with E-state index >= 15 is 0 Å². The van der Waals surface area contributed by atoms with E-state index in [-0.39, 0.29) is 13.1 Å². The molecule has 0 saturated heterocycles. The fourth-order valence-electron chi connectivity index (χ4n) is 1.43. The predicted octanol–water partition coefficient (Wildman–Crippen LogP) is 0.663. The molecule has 6 heteroatoms. The van der Waals surface area contributed by atoms with E-state index in [1.807, 2.05) is 24.3 Å². The minimum absolute atomic E-state index is 0.0573. The van der Waals surface area contributed by atoms with Crippen molar-refractivity contribution in [2.24, 2.45) is 5.73 Å². The molecule has 0 atom stereocenters. The maximum Gasteiger partial charge on any atom is 0.317 e. The Balaban J connectivity index is 2.67. The summed E-state index contributed by atoms with van der Waals surface area (Å²) in [6.45, 7) is 0.138. The number of hydrogen-bond acceptors (Lipinski definition) is 3. The molecule has 17 heavy (non-hydrogen) atoms. The van der Waals surface area contributed by atoms with Crippen molar-refractivity contribution in [1.29, 1.82) is 0 Å². The van der Waals surface area contributed by atoms with Gasteiger partial charge in [0.25, 0.3) is 0 Å². The number of carboxylic acid groups (broad SMARTS) is 1. The number of benzene rings is 1. The lowest BCUT2D eigenvalue weighted by Gasteiger charge is -2.18. The highest BCUT2D eigenvalue weighted by Crippen LogP contribution is 2.09. The van der Waals surface area contributed by atoms with Crippen molar-refractivity contribution in [3.05, 3.63) is 33.4 Å². The topological polar surface area (TPSA) is 83.6 Å². The van der Waals surface area contributed by atoms with Crippen LogP contribution in [-0.2, 0) is 16.1 Å². The summed E-state index contributed by atoms with van der Waals surface area (Å²) in [4.78, 5) is 23.0. The quantitative estimate of drug-likeness (QED) is 0.740. The van der Waals surface area contributed by atoms with E-state index < -0.39 is 11.9 Å². The van der Waals surface area contributed by atoms with Crippen LogP contribution in [0.1, 0.15) is 5.56 Å². The lowest BCUT2D eigenvalue weighted by Crippen LogP contribution is -2.36. The van der Waals surface area contributed by atoms with Gasteiger partial charge in [-0.1, -0.05) is 12.1 Å². The van der Waals surface area contributed by atoms with E-state index in [0.29, 0.717) is 6.54 Å². The number of carboxylic acids is 1. The van der Waals surface area contributed by atoms with Gasteiger partial charge < -0.3 is 10.8 Å². The Morgan fingerprint density at radius 1 is 1.24 bits per heavy atom. The van der Waals surface area contributed by atoms with Gasteiger partial charge in [0, 0.05) is 10.1 Å². The van der Waals surface area contributed by atoms with Gasteiger partial charge in [-0.2, -0.15) is 0 Å². The third-order valence-corrected chi connectivity index (χ3v) is 2.78. The van der Waals surface area contributed by atoms with Crippen LogP contribution in [0.5, 0.6) is 0 Å². The molecule has 1 amide bonds. The number of rotatable bonds is 6. The molecule has 0 bridgehead atoms. The van der Waals surface area contributed by atoms with Crippen molar-refractivity contribution >= 4 is 34.5 Å². The number of nitrogens with zero attached hydrogens (tertiary/aromatic N) is 1. The zero-order chi connectivity index (χ0) is 12.8. The van der Waals surface area contributed by atoms with E-state index in [1.165, 1.54) is 4.90 Å². The van der Waals surface area contributed by atoms with E-state index in [2.05, 4.69) is 22.6 Å². The average molecular weight is 348 g/mol. The van der Waals surface area contributed by atoms with Gasteiger partial charge in [-0.15, -0.1) is 0 Å². The minimum atomic E-state index is -0.975. The smallest absolute Gasteiger partial charge is 0.317 e. The van der Waals surface area contributed by atoms with Gasteiger partial charge in [0.2, 0.25) is 5.91 Å². The van der Waals surface area contributed by atoms with Crippen LogP contribution in [0.2, 0.25) is 0 Å². The van der Waals surface area contributed by atoms with Crippen LogP contribution in [-0.4, -0.2) is 35.0 Å². The molecule has 0 radical (unpaired) electrons. The normalized spacial score (nSPS) is 10.5. The number of halogens is 1. The van der Waals surface area contributed by atoms with Crippen molar-refractivity contribution in [3.63, 3.8) is 0 Å². The zero-order valence-corrected chi connectivity index (χ0v) is 11.3. The molecule has 0 aliphatic heterocycles. The van der Waals surface area contributed by atoms with Gasteiger partial charge >= 0.3 is 5.97 Å². The highest BCUT2D eigenvalue weighted by atomic mass is 127. The maximum absolute atomic E-state index is 10.8. The summed E-state index contributed by atoms with van der Waals surface area (Å²) in [6.07, 6.45) is 0. The lowest BCUT2D eigenvalue weighted by atomic mass is 10.2. The molecule has 92 valence electrons. The zero-order valence-electron chi connectivity index (χ0n) is 9.10. The fourth-order valence-corrected chi connectivity index (χ4v) is 1.79. The molecule has 1 aromatic carbocycles. The number of amides is 1. The first-order valence-electron chi connectivity index (χ1n) is 4.94. The molecule has 0 unspecified atom stereocenters. The number of hydrogen-bond donors (Lipinski definition) is 2. The maximum atomic E-state index is 10.8. The predicted molar refractivity (Wildman–Crippen MR) is 71.3 cm³/mol. The Kier molecular flexibility index (Phi) is 5.36. The highest BCUT2D eigenvalue weighted by molar-refractivity contribution is 14.1. The Morgan fingerprint density at radius 3 is 2.29 bits per heavy atom. The third-order valence-electron chi connectivity index (χ3n) is 2.06. The van der Waals surface area contributed by atoms with Gasteiger partial charge in [0.05, 0.1) is 13.1 Å². The van der Waals surface area contributed by atoms with Crippen LogP contribution in [0, 0.1) is 3.57 Å². The summed E-state index contributed by atoms with van der Waals surface area (Å²) in [7, 11) is 0. The van der Waals surface area contributed by atoms with E-state index in [0.717, 1.165) is 9.13 Å². The van der Waals surface area contributed by atoms with E-state index in [1.54, 1.807) is 0 Å². The minimum Gasteiger partial charge on any atom is -0.480 e. The molecule has 0 aromatic heterocycles. The highest BCUT2D eigenvalue weighted by Gasteiger charge is 2.12. The molecule has 1 aromatic rings. The summed E-state index contributed by atoms with van der Waals surface area (Å²) in [5, 5.41) is 8.72. The second-order valence-corrected chi connectivity index (χ2v) is 4.88. The molecule has 3 N–H and O–H groups in total. The molecule has 5 nitrogen and oxygen atoms in total. The molecule has 0 heterocycles. The molecule has 0 aliphatic rings. The Morgan fingerprint density at radius 2 is 1.82 bits per heavy atom. The first-order chi connectivity index (χ1) is 7.97. The molecule has 0 spiro atoms. The average Bonchev–Trinajstić information content (AvgIpc) is 2.19. The monoisotopic (exact) mass is 348 g/mol. The SMILES string of the molecule is NC(=O)CN(CC(=O)O)Cc1ccc(I)cc1. The molecule has 0 saturated carbocycles. The molecular formula is C11H13IN2O3. The van der Waals surface area contributed by atoms with Gasteiger partial charge in [0.15, 0.2) is 0 Å². The second kappa shape index (κ2) is 6.55. The molecule has 0 fully saturated rings. The fraction of sp³-hybridized carbons (Fsp3) is 0.273. The number of primary amides is 1. The van der Waals surface area contributed by atoms with Crippen molar-refractivity contribution in [1.82, 2.24) is 4.90 Å². The first kappa shape index (κ1) is 13.9. The largest absolute Gasteiger partial charge is 0.480 e. The van der Waals surface area contributed by atoms with Gasteiger partial charge in [-0.05, 0) is 40.3 Å². The van der Waals surface area contributed by atoms with Crippen LogP contribution in [0.25, 0.3) is 0 Å². The number of aliphatic carboxylic acids is 1. The summed E-state index contributed by atoms with van der Waals surface area (Å²) >= 11 is 2.19. The summed E-state index contributed by atoms with van der Waals surface area (Å²) in [5.74, 6) is -1.51. The standard InChI is InChI=1S/C11H13IN2O3/c12-9-3-1-8(2-4-9)5-14(6-10(13)15)7-11(16)17/h1-4H,5-7H2,(H2,13,15)(H,16,17). The van der Waals surface area contributed by atoms with Crippen molar-refractivity contribution in [2.75, 3.05) is 13.1 Å². The Hall–Kier alpha value is -1.15. The number of carbonyl (C=O) groups excluding carboxylic acids is 1. The van der Waals surface area contributed by atoms with Crippen LogP contribution in [0.3, 0.4) is 0 Å². The van der Waals surface area contributed by atoms with Gasteiger partial charge in [0.1, 0.15) is 0 Å². The lowest BCUT2D eigenvalue weighted by molar-refractivity contribution is -0.138. The summed E-state index contributed by atoms with van der Waals surface area (Å²) in [5.41, 5.74) is 6.02. The molecule has 1 rings (SSSR count). The van der Waals surface area contributed by atoms with Crippen molar-refractivity contribution < 1.29 is 14.7 Å². The number of carbonyl (C=O) groups is 2. The third kappa shape index (κ3) is 5.64.